The Morgan fingerprint density at radius 3 is 2.65 bits per heavy atom. The van der Waals surface area contributed by atoms with Crippen molar-refractivity contribution in [1.82, 2.24) is 9.97 Å². The summed E-state index contributed by atoms with van der Waals surface area (Å²) in [6.45, 7) is 0.270. The lowest BCUT2D eigenvalue weighted by Gasteiger charge is -2.12. The molecule has 1 aromatic carbocycles. The number of alkyl halides is 3. The van der Waals surface area contributed by atoms with Gasteiger partial charge in [-0.25, -0.2) is 9.97 Å². The summed E-state index contributed by atoms with van der Waals surface area (Å²) in [5.41, 5.74) is -0.425. The Morgan fingerprint density at radius 1 is 1.25 bits per heavy atom. The highest BCUT2D eigenvalue weighted by atomic mass is 19.4. The van der Waals surface area contributed by atoms with Crippen LogP contribution in [0.5, 0.6) is 0 Å². The van der Waals surface area contributed by atoms with E-state index in [9.17, 15) is 13.2 Å². The molecule has 0 atom stereocenters. The maximum absolute atomic E-state index is 12.8. The summed E-state index contributed by atoms with van der Waals surface area (Å²) >= 11 is 0. The molecule has 1 aromatic heterocycles. The van der Waals surface area contributed by atoms with E-state index in [1.54, 1.807) is 12.3 Å². The first-order valence-corrected chi connectivity index (χ1v) is 5.61. The Morgan fingerprint density at radius 2 is 2.05 bits per heavy atom. The minimum absolute atomic E-state index is 0.270. The standard InChI is InChI=1S/C13H9F3N4/c14-13(15,16)12-5-10(2-1-9(12)6-17)19-7-11-3-4-18-8-20-11/h1-5,8,19H,7H2. The molecule has 7 heteroatoms. The Labute approximate surface area is 112 Å². The van der Waals surface area contributed by atoms with E-state index in [0.29, 0.717) is 5.69 Å². The van der Waals surface area contributed by atoms with Gasteiger partial charge in [0.15, 0.2) is 0 Å². The third-order valence-electron chi connectivity index (χ3n) is 2.56. The van der Waals surface area contributed by atoms with Gasteiger partial charge < -0.3 is 5.32 Å². The van der Waals surface area contributed by atoms with Crippen molar-refractivity contribution >= 4 is 5.69 Å². The molecule has 0 saturated heterocycles. The number of nitriles is 1. The third-order valence-corrected chi connectivity index (χ3v) is 2.56. The van der Waals surface area contributed by atoms with Crippen LogP contribution in [0.3, 0.4) is 0 Å². The Kier molecular flexibility index (Phi) is 3.84. The van der Waals surface area contributed by atoms with E-state index >= 15 is 0 Å². The van der Waals surface area contributed by atoms with Crippen LogP contribution in [0.25, 0.3) is 0 Å². The zero-order valence-corrected chi connectivity index (χ0v) is 10.1. The molecule has 102 valence electrons. The third kappa shape index (κ3) is 3.23. The quantitative estimate of drug-likeness (QED) is 0.937. The van der Waals surface area contributed by atoms with Crippen LogP contribution in [0.4, 0.5) is 18.9 Å². The first kappa shape index (κ1) is 13.8. The van der Waals surface area contributed by atoms with E-state index in [1.165, 1.54) is 18.5 Å². The Hall–Kier alpha value is -2.62. The van der Waals surface area contributed by atoms with Crippen molar-refractivity contribution in [3.8, 4) is 6.07 Å². The van der Waals surface area contributed by atoms with Crippen LogP contribution in [-0.4, -0.2) is 9.97 Å². The van der Waals surface area contributed by atoms with Gasteiger partial charge in [-0.3, -0.25) is 0 Å². The van der Waals surface area contributed by atoms with Crippen LogP contribution in [-0.2, 0) is 12.7 Å². The zero-order chi connectivity index (χ0) is 14.6. The number of benzene rings is 1. The Balaban J connectivity index is 2.20. The van der Waals surface area contributed by atoms with Gasteiger partial charge >= 0.3 is 6.18 Å². The van der Waals surface area contributed by atoms with Crippen LogP contribution in [0.2, 0.25) is 0 Å². The molecule has 0 fully saturated rings. The summed E-state index contributed by atoms with van der Waals surface area (Å²) in [5.74, 6) is 0. The Bertz CT molecular complexity index is 632. The van der Waals surface area contributed by atoms with Crippen LogP contribution in [0, 0.1) is 11.3 Å². The van der Waals surface area contributed by atoms with Gasteiger partial charge in [0.05, 0.1) is 29.4 Å². The monoisotopic (exact) mass is 278 g/mol. The SMILES string of the molecule is N#Cc1ccc(NCc2ccncn2)cc1C(F)(F)F. The van der Waals surface area contributed by atoms with Crippen LogP contribution >= 0.6 is 0 Å². The molecular weight excluding hydrogens is 269 g/mol. The molecule has 0 unspecified atom stereocenters. The number of nitrogens with zero attached hydrogens (tertiary/aromatic N) is 3. The summed E-state index contributed by atoms with van der Waals surface area (Å²) < 4.78 is 38.3. The molecule has 0 radical (unpaired) electrons. The second kappa shape index (κ2) is 5.57. The van der Waals surface area contributed by atoms with Gasteiger partial charge in [-0.2, -0.15) is 18.4 Å². The molecule has 0 amide bonds. The lowest BCUT2D eigenvalue weighted by molar-refractivity contribution is -0.137. The summed E-state index contributed by atoms with van der Waals surface area (Å²) in [6, 6.07) is 6.67. The minimum Gasteiger partial charge on any atom is -0.379 e. The molecule has 0 aliphatic carbocycles. The first-order chi connectivity index (χ1) is 9.50. The molecule has 20 heavy (non-hydrogen) atoms. The summed E-state index contributed by atoms with van der Waals surface area (Å²) in [7, 11) is 0. The maximum Gasteiger partial charge on any atom is 0.417 e. The lowest BCUT2D eigenvalue weighted by atomic mass is 10.1. The van der Waals surface area contributed by atoms with Gasteiger partial charge in [0, 0.05) is 11.9 Å². The summed E-state index contributed by atoms with van der Waals surface area (Å²) in [4.78, 5) is 7.70. The van der Waals surface area contributed by atoms with Gasteiger partial charge in [0.25, 0.3) is 0 Å². The normalized spacial score (nSPS) is 10.9. The number of hydrogen-bond acceptors (Lipinski definition) is 4. The van der Waals surface area contributed by atoms with Crippen molar-refractivity contribution < 1.29 is 13.2 Å². The fourth-order valence-electron chi connectivity index (χ4n) is 1.60. The zero-order valence-electron chi connectivity index (χ0n) is 10.1. The van der Waals surface area contributed by atoms with E-state index < -0.39 is 17.3 Å². The summed E-state index contributed by atoms with van der Waals surface area (Å²) in [6.07, 6.45) is -1.65. The highest BCUT2D eigenvalue weighted by molar-refractivity contribution is 5.53. The molecule has 1 N–H and O–H groups in total. The molecule has 4 nitrogen and oxygen atoms in total. The maximum atomic E-state index is 12.8. The molecule has 2 aromatic rings. The summed E-state index contributed by atoms with van der Waals surface area (Å²) in [5, 5.41) is 11.5. The molecule has 0 bridgehead atoms. The van der Waals surface area contributed by atoms with Crippen molar-refractivity contribution in [2.24, 2.45) is 0 Å². The molecule has 0 spiro atoms. The predicted molar refractivity (Wildman–Crippen MR) is 65.5 cm³/mol. The average molecular weight is 278 g/mol. The number of anilines is 1. The molecule has 0 saturated carbocycles. The van der Waals surface area contributed by atoms with Gasteiger partial charge in [-0.05, 0) is 24.3 Å². The average Bonchev–Trinajstić information content (AvgIpc) is 2.45. The second-order valence-corrected chi connectivity index (χ2v) is 3.92. The van der Waals surface area contributed by atoms with Crippen molar-refractivity contribution in [3.05, 3.63) is 53.6 Å². The van der Waals surface area contributed by atoms with E-state index in [0.717, 1.165) is 12.1 Å². The molecule has 0 aliphatic heterocycles. The first-order valence-electron chi connectivity index (χ1n) is 5.61. The van der Waals surface area contributed by atoms with E-state index in [1.807, 2.05) is 0 Å². The highest BCUT2D eigenvalue weighted by Gasteiger charge is 2.33. The molecule has 2 rings (SSSR count). The molecular formula is C13H9F3N4. The molecule has 0 aliphatic rings. The minimum atomic E-state index is -4.56. The second-order valence-electron chi connectivity index (χ2n) is 3.92. The number of hydrogen-bond donors (Lipinski definition) is 1. The predicted octanol–water partition coefficient (Wildman–Crippen LogP) is 2.98. The van der Waals surface area contributed by atoms with Crippen LogP contribution in [0.1, 0.15) is 16.8 Å². The van der Waals surface area contributed by atoms with Gasteiger partial charge in [-0.1, -0.05) is 0 Å². The van der Waals surface area contributed by atoms with Crippen molar-refractivity contribution in [1.29, 1.82) is 5.26 Å². The number of nitrogens with one attached hydrogen (secondary N) is 1. The fourth-order valence-corrected chi connectivity index (χ4v) is 1.60. The van der Waals surface area contributed by atoms with Crippen molar-refractivity contribution in [2.75, 3.05) is 5.32 Å². The van der Waals surface area contributed by atoms with E-state index in [4.69, 9.17) is 5.26 Å². The van der Waals surface area contributed by atoms with Gasteiger partial charge in [0.1, 0.15) is 6.33 Å². The number of aromatic nitrogens is 2. The number of rotatable bonds is 3. The smallest absolute Gasteiger partial charge is 0.379 e. The van der Waals surface area contributed by atoms with E-state index in [2.05, 4.69) is 15.3 Å². The highest BCUT2D eigenvalue weighted by Crippen LogP contribution is 2.33. The molecule has 1 heterocycles. The van der Waals surface area contributed by atoms with E-state index in [-0.39, 0.29) is 12.2 Å². The van der Waals surface area contributed by atoms with Crippen molar-refractivity contribution in [3.63, 3.8) is 0 Å². The fraction of sp³-hybridized carbons (Fsp3) is 0.154. The van der Waals surface area contributed by atoms with Gasteiger partial charge in [0.2, 0.25) is 0 Å². The number of halogens is 3. The van der Waals surface area contributed by atoms with Crippen LogP contribution < -0.4 is 5.32 Å². The lowest BCUT2D eigenvalue weighted by Crippen LogP contribution is -2.09. The topological polar surface area (TPSA) is 61.6 Å². The van der Waals surface area contributed by atoms with Crippen LogP contribution in [0.15, 0.2) is 36.8 Å². The van der Waals surface area contributed by atoms with Gasteiger partial charge in [-0.15, -0.1) is 0 Å². The largest absolute Gasteiger partial charge is 0.417 e. The van der Waals surface area contributed by atoms with Crippen molar-refractivity contribution in [2.45, 2.75) is 12.7 Å².